The molecule has 1 N–H and O–H groups in total. The summed E-state index contributed by atoms with van der Waals surface area (Å²) in [5.74, 6) is 0.848. The maximum atomic E-state index is 12.4. The van der Waals surface area contributed by atoms with Crippen LogP contribution in [0.1, 0.15) is 0 Å². The maximum Gasteiger partial charge on any atom is 0.236 e. The van der Waals surface area contributed by atoms with Gasteiger partial charge in [0.2, 0.25) is 10.0 Å². The van der Waals surface area contributed by atoms with Gasteiger partial charge in [0.25, 0.3) is 0 Å². The van der Waals surface area contributed by atoms with Gasteiger partial charge in [-0.25, -0.2) is 8.42 Å². The first kappa shape index (κ1) is 16.1. The molecule has 0 bridgehead atoms. The Labute approximate surface area is 126 Å². The van der Waals surface area contributed by atoms with Gasteiger partial charge in [0.15, 0.2) is 0 Å². The molecule has 1 aromatic carbocycles. The van der Waals surface area contributed by atoms with Gasteiger partial charge in [0.05, 0.1) is 18.6 Å². The van der Waals surface area contributed by atoms with Crippen molar-refractivity contribution >= 4 is 15.7 Å². The van der Waals surface area contributed by atoms with Crippen LogP contribution in [0.15, 0.2) is 24.3 Å². The predicted octanol–water partition coefficient (Wildman–Crippen LogP) is 0.366. The third-order valence-corrected chi connectivity index (χ3v) is 5.47. The second-order valence-corrected chi connectivity index (χ2v) is 7.19. The van der Waals surface area contributed by atoms with E-state index in [1.54, 1.807) is 38.4 Å². The molecule has 0 atom stereocenters. The molecule has 7 heteroatoms. The van der Waals surface area contributed by atoms with Crippen LogP contribution in [0.25, 0.3) is 0 Å². The molecule has 118 valence electrons. The maximum absolute atomic E-state index is 12.4. The van der Waals surface area contributed by atoms with Crippen molar-refractivity contribution in [3.8, 4) is 5.75 Å². The van der Waals surface area contributed by atoms with Crippen molar-refractivity contribution in [1.29, 1.82) is 0 Å². The fourth-order valence-electron chi connectivity index (χ4n) is 2.27. The summed E-state index contributed by atoms with van der Waals surface area (Å²) in [6.45, 7) is 4.23. The predicted molar refractivity (Wildman–Crippen MR) is 84.5 cm³/mol. The van der Waals surface area contributed by atoms with E-state index in [1.807, 2.05) is 0 Å². The van der Waals surface area contributed by atoms with E-state index in [9.17, 15) is 8.42 Å². The van der Waals surface area contributed by atoms with Crippen LogP contribution in [0.5, 0.6) is 5.75 Å². The highest BCUT2D eigenvalue weighted by molar-refractivity contribution is 7.92. The summed E-state index contributed by atoms with van der Waals surface area (Å²) in [5.41, 5.74) is 0.649. The Bertz CT molecular complexity index is 539. The molecule has 1 aromatic rings. The third-order valence-electron chi connectivity index (χ3n) is 3.73. The van der Waals surface area contributed by atoms with Crippen LogP contribution in [-0.4, -0.2) is 66.0 Å². The fourth-order valence-corrected chi connectivity index (χ4v) is 3.47. The van der Waals surface area contributed by atoms with E-state index in [2.05, 4.69) is 10.2 Å². The minimum Gasteiger partial charge on any atom is -0.497 e. The Morgan fingerprint density at radius 2 is 1.86 bits per heavy atom. The van der Waals surface area contributed by atoms with Gasteiger partial charge in [-0.15, -0.1) is 0 Å². The SMILES string of the molecule is COc1ccc(N(C)S(=O)(=O)CCN2CCNCC2)cc1. The number of nitrogens with zero attached hydrogens (tertiary/aromatic N) is 2. The molecule has 0 amide bonds. The summed E-state index contributed by atoms with van der Waals surface area (Å²) in [7, 11) is -0.123. The first-order chi connectivity index (χ1) is 10.0. The molecule has 6 nitrogen and oxygen atoms in total. The van der Waals surface area contributed by atoms with Crippen LogP contribution in [-0.2, 0) is 10.0 Å². The molecule has 0 saturated carbocycles. The van der Waals surface area contributed by atoms with Gasteiger partial charge in [-0.2, -0.15) is 0 Å². The van der Waals surface area contributed by atoms with Crippen molar-refractivity contribution in [3.63, 3.8) is 0 Å². The topological polar surface area (TPSA) is 61.9 Å². The average Bonchev–Trinajstić information content (AvgIpc) is 2.53. The Balaban J connectivity index is 1.96. The summed E-state index contributed by atoms with van der Waals surface area (Å²) >= 11 is 0. The lowest BCUT2D eigenvalue weighted by molar-refractivity contribution is 0.254. The molecule has 2 rings (SSSR count). The Hall–Kier alpha value is -1.31. The van der Waals surface area contributed by atoms with Crippen molar-refractivity contribution in [2.75, 3.05) is 56.9 Å². The smallest absolute Gasteiger partial charge is 0.236 e. The first-order valence-electron chi connectivity index (χ1n) is 7.06. The van der Waals surface area contributed by atoms with E-state index in [4.69, 9.17) is 4.74 Å². The van der Waals surface area contributed by atoms with Gasteiger partial charge in [0, 0.05) is 39.8 Å². The van der Waals surface area contributed by atoms with Crippen molar-refractivity contribution in [1.82, 2.24) is 10.2 Å². The monoisotopic (exact) mass is 313 g/mol. The van der Waals surface area contributed by atoms with Gasteiger partial charge in [-0.3, -0.25) is 9.21 Å². The number of piperazine rings is 1. The van der Waals surface area contributed by atoms with Crippen LogP contribution in [0.4, 0.5) is 5.69 Å². The van der Waals surface area contributed by atoms with Gasteiger partial charge < -0.3 is 10.1 Å². The lowest BCUT2D eigenvalue weighted by Gasteiger charge is -2.28. The molecule has 0 spiro atoms. The van der Waals surface area contributed by atoms with Crippen LogP contribution in [0, 0.1) is 0 Å². The molecule has 1 heterocycles. The highest BCUT2D eigenvalue weighted by Gasteiger charge is 2.20. The Morgan fingerprint density at radius 3 is 2.43 bits per heavy atom. The van der Waals surface area contributed by atoms with Crippen molar-refractivity contribution < 1.29 is 13.2 Å². The second kappa shape index (κ2) is 7.11. The Morgan fingerprint density at radius 1 is 1.24 bits per heavy atom. The highest BCUT2D eigenvalue weighted by Crippen LogP contribution is 2.20. The molecule has 0 aliphatic carbocycles. The summed E-state index contributed by atoms with van der Waals surface area (Å²) in [6, 6.07) is 7.03. The zero-order chi connectivity index (χ0) is 15.3. The molecule has 0 unspecified atom stereocenters. The number of hydrogen-bond acceptors (Lipinski definition) is 5. The molecular weight excluding hydrogens is 290 g/mol. The van der Waals surface area contributed by atoms with Gasteiger partial charge >= 0.3 is 0 Å². The van der Waals surface area contributed by atoms with E-state index in [1.165, 1.54) is 4.31 Å². The minimum absolute atomic E-state index is 0.134. The first-order valence-corrected chi connectivity index (χ1v) is 8.67. The summed E-state index contributed by atoms with van der Waals surface area (Å²) in [6.07, 6.45) is 0. The fraction of sp³-hybridized carbons (Fsp3) is 0.571. The summed E-state index contributed by atoms with van der Waals surface area (Å²) < 4.78 is 31.2. The zero-order valence-electron chi connectivity index (χ0n) is 12.6. The number of nitrogens with one attached hydrogen (secondary N) is 1. The quantitative estimate of drug-likeness (QED) is 0.822. The Kier molecular flexibility index (Phi) is 5.44. The molecule has 1 saturated heterocycles. The standard InChI is InChI=1S/C14H23N3O3S/c1-16(13-3-5-14(20-2)6-4-13)21(18,19)12-11-17-9-7-15-8-10-17/h3-6,15H,7-12H2,1-2H3. The van der Waals surface area contributed by atoms with Crippen LogP contribution >= 0.6 is 0 Å². The molecule has 0 radical (unpaired) electrons. The number of benzene rings is 1. The number of sulfonamides is 1. The van der Waals surface area contributed by atoms with E-state index >= 15 is 0 Å². The molecule has 0 aromatic heterocycles. The lowest BCUT2D eigenvalue weighted by atomic mass is 10.3. The second-order valence-electron chi connectivity index (χ2n) is 5.07. The number of ether oxygens (including phenoxy) is 1. The number of methoxy groups -OCH3 is 1. The summed E-state index contributed by atoms with van der Waals surface area (Å²) in [4.78, 5) is 2.18. The van der Waals surface area contributed by atoms with Crippen molar-refractivity contribution in [2.45, 2.75) is 0 Å². The van der Waals surface area contributed by atoms with Crippen molar-refractivity contribution in [2.24, 2.45) is 0 Å². The molecule has 1 fully saturated rings. The molecule has 21 heavy (non-hydrogen) atoms. The summed E-state index contributed by atoms with van der Waals surface area (Å²) in [5, 5.41) is 3.26. The lowest BCUT2D eigenvalue weighted by Crippen LogP contribution is -2.46. The molecule has 1 aliphatic heterocycles. The zero-order valence-corrected chi connectivity index (χ0v) is 13.4. The highest BCUT2D eigenvalue weighted by atomic mass is 32.2. The van der Waals surface area contributed by atoms with E-state index < -0.39 is 10.0 Å². The molecule has 1 aliphatic rings. The van der Waals surface area contributed by atoms with Gasteiger partial charge in [0.1, 0.15) is 5.75 Å². The number of anilines is 1. The minimum atomic E-state index is -3.30. The average molecular weight is 313 g/mol. The normalized spacial score (nSPS) is 16.7. The van der Waals surface area contributed by atoms with E-state index in [0.29, 0.717) is 18.0 Å². The molecular formula is C14H23N3O3S. The largest absolute Gasteiger partial charge is 0.497 e. The van der Waals surface area contributed by atoms with Crippen LogP contribution in [0.3, 0.4) is 0 Å². The van der Waals surface area contributed by atoms with Gasteiger partial charge in [-0.1, -0.05) is 0 Å². The van der Waals surface area contributed by atoms with Crippen LogP contribution < -0.4 is 14.4 Å². The van der Waals surface area contributed by atoms with Gasteiger partial charge in [-0.05, 0) is 24.3 Å². The number of rotatable bonds is 6. The number of hydrogen-bond donors (Lipinski definition) is 1. The van der Waals surface area contributed by atoms with Crippen molar-refractivity contribution in [3.05, 3.63) is 24.3 Å². The van der Waals surface area contributed by atoms with Crippen LogP contribution in [0.2, 0.25) is 0 Å². The van der Waals surface area contributed by atoms with E-state index in [-0.39, 0.29) is 5.75 Å². The third kappa shape index (κ3) is 4.33. The van der Waals surface area contributed by atoms with E-state index in [0.717, 1.165) is 26.2 Å².